The average molecular weight is 598 g/mol. The van der Waals surface area contributed by atoms with Crippen molar-refractivity contribution in [1.82, 2.24) is 14.7 Å². The zero-order valence-corrected chi connectivity index (χ0v) is 23.3. The number of aliphatic carboxylic acids is 1. The van der Waals surface area contributed by atoms with Crippen molar-refractivity contribution in [3.63, 3.8) is 0 Å². The minimum Gasteiger partial charge on any atom is -0.475 e. The number of nitrogens with one attached hydrogen (secondary N) is 3. The van der Waals surface area contributed by atoms with E-state index in [4.69, 9.17) is 19.6 Å². The van der Waals surface area contributed by atoms with E-state index in [0.717, 1.165) is 48.9 Å². The van der Waals surface area contributed by atoms with Crippen molar-refractivity contribution in [2.45, 2.75) is 36.8 Å². The lowest BCUT2D eigenvalue weighted by Gasteiger charge is -2.28. The topological polar surface area (TPSA) is 143 Å². The van der Waals surface area contributed by atoms with E-state index in [1.54, 1.807) is 31.4 Å². The van der Waals surface area contributed by atoms with Crippen molar-refractivity contribution < 1.29 is 36.2 Å². The zero-order valence-electron chi connectivity index (χ0n) is 22.5. The molecule has 1 heterocycles. The molecule has 0 spiro atoms. The second kappa shape index (κ2) is 14.9. The molecule has 1 saturated carbocycles. The molecule has 0 radical (unpaired) electrons. The Morgan fingerprint density at radius 1 is 0.951 bits per heavy atom. The Labute approximate surface area is 236 Å². The first-order valence-corrected chi connectivity index (χ1v) is 14.6. The van der Waals surface area contributed by atoms with Crippen LogP contribution in [0.4, 0.5) is 24.9 Å². The van der Waals surface area contributed by atoms with Gasteiger partial charge in [-0.3, -0.25) is 0 Å². The van der Waals surface area contributed by atoms with Crippen molar-refractivity contribution in [2.75, 3.05) is 44.0 Å². The van der Waals surface area contributed by atoms with Crippen molar-refractivity contribution in [3.05, 3.63) is 54.6 Å². The van der Waals surface area contributed by atoms with E-state index in [0.29, 0.717) is 42.4 Å². The van der Waals surface area contributed by atoms with Crippen LogP contribution in [0.25, 0.3) is 10.9 Å². The Hall–Kier alpha value is -3.49. The maximum absolute atomic E-state index is 12.5. The van der Waals surface area contributed by atoms with E-state index in [9.17, 15) is 21.6 Å². The van der Waals surface area contributed by atoms with Gasteiger partial charge in [0.15, 0.2) is 0 Å². The minimum atomic E-state index is -5.08. The Morgan fingerprint density at radius 2 is 1.54 bits per heavy atom. The van der Waals surface area contributed by atoms with Crippen molar-refractivity contribution >= 4 is 38.7 Å². The Morgan fingerprint density at radius 3 is 2.15 bits per heavy atom. The molecule has 0 bridgehead atoms. The lowest BCUT2D eigenvalue weighted by molar-refractivity contribution is -0.192. The number of nitrogens with zero attached hydrogens (tertiary/aromatic N) is 2. The number of fused-ring (bicyclic) bond motifs is 1. The fourth-order valence-corrected chi connectivity index (χ4v) is 5.49. The molecule has 1 aromatic heterocycles. The van der Waals surface area contributed by atoms with Gasteiger partial charge in [0.2, 0.25) is 16.0 Å². The van der Waals surface area contributed by atoms with Gasteiger partial charge in [-0.2, -0.15) is 18.2 Å². The quantitative estimate of drug-likeness (QED) is 0.235. The molecular weight excluding hydrogens is 563 g/mol. The van der Waals surface area contributed by atoms with Crippen LogP contribution >= 0.6 is 0 Å². The summed E-state index contributed by atoms with van der Waals surface area (Å²) in [6, 6.07) is 16.5. The van der Waals surface area contributed by atoms with Gasteiger partial charge in [0, 0.05) is 32.1 Å². The van der Waals surface area contributed by atoms with Crippen LogP contribution in [0.1, 0.15) is 25.7 Å². The number of carbonyl (C=O) groups is 1. The molecule has 14 heteroatoms. The first-order chi connectivity index (χ1) is 19.5. The fraction of sp³-hybridized carbons (Fsp3) is 0.444. The average Bonchev–Trinajstić information content (AvgIpc) is 2.96. The molecule has 3 aromatic rings. The number of para-hydroxylation sites is 1. The molecule has 1 aliphatic rings. The molecule has 4 rings (SSSR count). The number of hydrogen-bond acceptors (Lipinski definition) is 8. The third kappa shape index (κ3) is 10.1. The maximum atomic E-state index is 12.5. The number of benzene rings is 2. The van der Waals surface area contributed by atoms with Crippen LogP contribution in [0.3, 0.4) is 0 Å². The van der Waals surface area contributed by atoms with Crippen molar-refractivity contribution in [2.24, 2.45) is 11.8 Å². The number of carboxylic acid groups (broad SMARTS) is 1. The predicted octanol–water partition coefficient (Wildman–Crippen LogP) is 4.52. The summed E-state index contributed by atoms with van der Waals surface area (Å²) in [4.78, 5) is 18.6. The largest absolute Gasteiger partial charge is 0.490 e. The lowest BCUT2D eigenvalue weighted by atomic mass is 9.82. The van der Waals surface area contributed by atoms with Gasteiger partial charge in [-0.1, -0.05) is 30.3 Å². The number of sulfonamides is 1. The van der Waals surface area contributed by atoms with E-state index in [1.807, 2.05) is 30.3 Å². The van der Waals surface area contributed by atoms with Crippen molar-refractivity contribution in [1.29, 1.82) is 0 Å². The molecule has 224 valence electrons. The molecule has 0 atom stereocenters. The first-order valence-electron chi connectivity index (χ1n) is 13.1. The van der Waals surface area contributed by atoms with Gasteiger partial charge >= 0.3 is 12.1 Å². The highest BCUT2D eigenvalue weighted by Crippen LogP contribution is 2.29. The summed E-state index contributed by atoms with van der Waals surface area (Å²) < 4.78 is 64.6. The summed E-state index contributed by atoms with van der Waals surface area (Å²) in [5.74, 6) is -0.450. The third-order valence-electron chi connectivity index (χ3n) is 6.58. The Bertz CT molecular complexity index is 1370. The molecule has 2 aromatic carbocycles. The summed E-state index contributed by atoms with van der Waals surface area (Å²) in [6.07, 6.45) is -0.966. The molecule has 0 amide bonds. The zero-order chi connectivity index (χ0) is 29.9. The number of rotatable bonds is 11. The van der Waals surface area contributed by atoms with E-state index in [1.165, 1.54) is 0 Å². The van der Waals surface area contributed by atoms with Gasteiger partial charge in [0.05, 0.1) is 17.0 Å². The smallest absolute Gasteiger partial charge is 0.475 e. The number of methoxy groups -OCH3 is 1. The van der Waals surface area contributed by atoms with Crippen LogP contribution in [0.5, 0.6) is 0 Å². The highest BCUT2D eigenvalue weighted by molar-refractivity contribution is 7.89. The number of carboxylic acids is 1. The predicted molar refractivity (Wildman–Crippen MR) is 149 cm³/mol. The number of hydrogen-bond donors (Lipinski definition) is 4. The SMILES string of the molecule is COCCNc1nc(NCC2CCC(CNS(=O)(=O)c3ccccc3)CC2)nc2ccccc12.O=C(O)C(F)(F)F. The summed E-state index contributed by atoms with van der Waals surface area (Å²) in [7, 11) is -1.76. The second-order valence-electron chi connectivity index (χ2n) is 9.57. The van der Waals surface area contributed by atoms with E-state index >= 15 is 0 Å². The normalized spacial score (nSPS) is 17.4. The monoisotopic (exact) mass is 597 g/mol. The van der Waals surface area contributed by atoms with Crippen LogP contribution in [0.15, 0.2) is 59.5 Å². The summed E-state index contributed by atoms with van der Waals surface area (Å²) in [6.45, 7) is 2.57. The minimum absolute atomic E-state index is 0.319. The van der Waals surface area contributed by atoms with E-state index < -0.39 is 22.2 Å². The number of aromatic nitrogens is 2. The second-order valence-corrected chi connectivity index (χ2v) is 11.3. The van der Waals surface area contributed by atoms with Crippen LogP contribution in [-0.4, -0.2) is 69.0 Å². The molecule has 1 fully saturated rings. The lowest BCUT2D eigenvalue weighted by Crippen LogP contribution is -2.32. The van der Waals surface area contributed by atoms with Gasteiger partial charge in [-0.15, -0.1) is 0 Å². The number of ether oxygens (including phenoxy) is 1. The Balaban J connectivity index is 0.000000587. The molecule has 1 aliphatic carbocycles. The fourth-order valence-electron chi connectivity index (χ4n) is 4.35. The van der Waals surface area contributed by atoms with Gasteiger partial charge < -0.3 is 20.5 Å². The number of halogens is 3. The van der Waals surface area contributed by atoms with Crippen LogP contribution in [0.2, 0.25) is 0 Å². The van der Waals surface area contributed by atoms with Crippen molar-refractivity contribution in [3.8, 4) is 0 Å². The van der Waals surface area contributed by atoms with Gasteiger partial charge in [-0.25, -0.2) is 22.9 Å². The van der Waals surface area contributed by atoms with Gasteiger partial charge in [0.25, 0.3) is 0 Å². The summed E-state index contributed by atoms with van der Waals surface area (Å²) >= 11 is 0. The highest BCUT2D eigenvalue weighted by atomic mass is 32.2. The van der Waals surface area contributed by atoms with Crippen LogP contribution < -0.4 is 15.4 Å². The highest BCUT2D eigenvalue weighted by Gasteiger charge is 2.38. The summed E-state index contributed by atoms with van der Waals surface area (Å²) in [5, 5.41) is 14.9. The van der Waals surface area contributed by atoms with Gasteiger partial charge in [-0.05, 0) is 61.8 Å². The van der Waals surface area contributed by atoms with E-state index in [2.05, 4.69) is 20.3 Å². The molecule has 10 nitrogen and oxygen atoms in total. The molecule has 0 aliphatic heterocycles. The Kier molecular flexibility index (Phi) is 11.7. The van der Waals surface area contributed by atoms with E-state index in [-0.39, 0.29) is 0 Å². The maximum Gasteiger partial charge on any atom is 0.490 e. The molecule has 41 heavy (non-hydrogen) atoms. The third-order valence-corrected chi connectivity index (χ3v) is 8.01. The molecule has 0 unspecified atom stereocenters. The van der Waals surface area contributed by atoms with Crippen LogP contribution in [0, 0.1) is 11.8 Å². The number of alkyl halides is 3. The summed E-state index contributed by atoms with van der Waals surface area (Å²) in [5.41, 5.74) is 0.898. The molecular formula is C27H34F3N5O5S. The molecule has 0 saturated heterocycles. The first kappa shape index (κ1) is 32.0. The standard InChI is InChI=1S/C25H33N5O3S.C2HF3O2/c1-33-16-15-26-24-22-9-5-6-10-23(22)29-25(30-24)27-17-19-11-13-20(14-12-19)18-28-34(31,32)21-7-3-2-4-8-21;3-2(4,5)1(6)7/h2-10,19-20,28H,11-18H2,1H3,(H2,26,27,29,30);(H,6,7). The van der Waals surface area contributed by atoms with Gasteiger partial charge in [0.1, 0.15) is 5.82 Å². The van der Waals surface area contributed by atoms with Crippen LogP contribution in [-0.2, 0) is 19.6 Å². The molecule has 4 N–H and O–H groups in total. The number of anilines is 2.